The zero-order valence-corrected chi connectivity index (χ0v) is 8.99. The average Bonchev–Trinajstić information content (AvgIpc) is 2.70. The van der Waals surface area contributed by atoms with Gasteiger partial charge in [-0.25, -0.2) is 0 Å². The molecule has 0 saturated heterocycles. The number of nitrogen functional groups attached to an aromatic ring is 1. The number of hydrogen-bond donors (Lipinski definition) is 2. The van der Waals surface area contributed by atoms with E-state index in [0.29, 0.717) is 5.95 Å². The molecule has 0 spiro atoms. The van der Waals surface area contributed by atoms with Gasteiger partial charge in [0, 0.05) is 13.1 Å². The Morgan fingerprint density at radius 3 is 2.76 bits per heavy atom. The maximum atomic E-state index is 10.9. The molecule has 0 aliphatic rings. The van der Waals surface area contributed by atoms with Crippen molar-refractivity contribution >= 4 is 17.6 Å². The summed E-state index contributed by atoms with van der Waals surface area (Å²) in [4.78, 5) is 14.3. The summed E-state index contributed by atoms with van der Waals surface area (Å²) in [5.41, 5.74) is 5.85. The fourth-order valence-electron chi connectivity index (χ4n) is 1.41. The zero-order valence-electron chi connectivity index (χ0n) is 8.99. The molecule has 0 aliphatic heterocycles. The van der Waals surface area contributed by atoms with Crippen LogP contribution in [-0.2, 0) is 0 Å². The third kappa shape index (κ3) is 1.87. The Bertz CT molecular complexity index is 564. The molecule has 17 heavy (non-hydrogen) atoms. The van der Waals surface area contributed by atoms with E-state index in [1.54, 1.807) is 25.2 Å². The molecule has 0 amide bonds. The van der Waals surface area contributed by atoms with E-state index in [9.17, 15) is 10.1 Å². The van der Waals surface area contributed by atoms with Crippen molar-refractivity contribution in [2.45, 2.75) is 0 Å². The SMILES string of the molecule is CNc1nc(N)n(-c2ccccc2[N+](=O)[O-])n1. The zero-order chi connectivity index (χ0) is 12.4. The van der Waals surface area contributed by atoms with Gasteiger partial charge >= 0.3 is 0 Å². The van der Waals surface area contributed by atoms with Gasteiger partial charge in [-0.1, -0.05) is 12.1 Å². The molecule has 0 saturated carbocycles. The van der Waals surface area contributed by atoms with Crippen LogP contribution in [-0.4, -0.2) is 26.7 Å². The Morgan fingerprint density at radius 2 is 2.18 bits per heavy atom. The number of para-hydroxylation sites is 2. The van der Waals surface area contributed by atoms with Crippen LogP contribution in [0.5, 0.6) is 0 Å². The smallest absolute Gasteiger partial charge is 0.295 e. The monoisotopic (exact) mass is 234 g/mol. The number of rotatable bonds is 3. The topological polar surface area (TPSA) is 112 Å². The summed E-state index contributed by atoms with van der Waals surface area (Å²) in [5.74, 6) is 0.393. The molecular weight excluding hydrogens is 224 g/mol. The molecule has 1 heterocycles. The minimum Gasteiger partial charge on any atom is -0.368 e. The molecule has 0 unspecified atom stereocenters. The number of aromatic nitrogens is 3. The van der Waals surface area contributed by atoms with Crippen molar-refractivity contribution in [3.05, 3.63) is 34.4 Å². The highest BCUT2D eigenvalue weighted by Crippen LogP contribution is 2.23. The van der Waals surface area contributed by atoms with Gasteiger partial charge in [0.05, 0.1) is 4.92 Å². The van der Waals surface area contributed by atoms with E-state index in [2.05, 4.69) is 15.4 Å². The van der Waals surface area contributed by atoms with Crippen molar-refractivity contribution in [1.82, 2.24) is 14.8 Å². The fourth-order valence-corrected chi connectivity index (χ4v) is 1.41. The molecule has 2 aromatic rings. The molecular formula is C9H10N6O2. The summed E-state index contributed by atoms with van der Waals surface area (Å²) in [5, 5.41) is 17.6. The standard InChI is InChI=1S/C9H10N6O2/c1-11-9-12-8(10)14(13-9)6-4-2-3-5-7(6)15(16)17/h2-5H,1H3,(H3,10,11,12,13). The number of nitrogens with zero attached hydrogens (tertiary/aromatic N) is 4. The highest BCUT2D eigenvalue weighted by Gasteiger charge is 2.18. The van der Waals surface area contributed by atoms with Gasteiger partial charge in [0.25, 0.3) is 5.69 Å². The lowest BCUT2D eigenvalue weighted by Gasteiger charge is -2.02. The minimum absolute atomic E-state index is 0.0771. The number of anilines is 2. The second-order valence-electron chi connectivity index (χ2n) is 3.20. The lowest BCUT2D eigenvalue weighted by molar-refractivity contribution is -0.384. The van der Waals surface area contributed by atoms with Gasteiger partial charge in [0.15, 0.2) is 0 Å². The van der Waals surface area contributed by atoms with E-state index >= 15 is 0 Å². The van der Waals surface area contributed by atoms with Crippen LogP contribution >= 0.6 is 0 Å². The van der Waals surface area contributed by atoms with Crippen molar-refractivity contribution < 1.29 is 4.92 Å². The van der Waals surface area contributed by atoms with E-state index in [0.717, 1.165) is 0 Å². The van der Waals surface area contributed by atoms with E-state index in [-0.39, 0.29) is 17.3 Å². The molecule has 8 nitrogen and oxygen atoms in total. The quantitative estimate of drug-likeness (QED) is 0.600. The van der Waals surface area contributed by atoms with Gasteiger partial charge < -0.3 is 11.1 Å². The van der Waals surface area contributed by atoms with Crippen molar-refractivity contribution in [3.63, 3.8) is 0 Å². The van der Waals surface area contributed by atoms with Gasteiger partial charge in [-0.15, -0.1) is 5.10 Å². The van der Waals surface area contributed by atoms with Crippen LogP contribution in [0.15, 0.2) is 24.3 Å². The third-order valence-corrected chi connectivity index (χ3v) is 2.16. The van der Waals surface area contributed by atoms with E-state index in [4.69, 9.17) is 5.73 Å². The fraction of sp³-hybridized carbons (Fsp3) is 0.111. The molecule has 2 rings (SSSR count). The number of nitro benzene ring substituents is 1. The van der Waals surface area contributed by atoms with Crippen LogP contribution in [0.1, 0.15) is 0 Å². The van der Waals surface area contributed by atoms with Gasteiger partial charge in [0.2, 0.25) is 11.9 Å². The summed E-state index contributed by atoms with van der Waals surface area (Å²) < 4.78 is 1.23. The van der Waals surface area contributed by atoms with Crippen LogP contribution in [0, 0.1) is 10.1 Å². The Morgan fingerprint density at radius 1 is 1.47 bits per heavy atom. The van der Waals surface area contributed by atoms with Gasteiger partial charge in [-0.05, 0) is 6.07 Å². The molecule has 3 N–H and O–H groups in total. The molecule has 88 valence electrons. The predicted octanol–water partition coefficient (Wildman–Crippen LogP) is 0.799. The third-order valence-electron chi connectivity index (χ3n) is 2.16. The van der Waals surface area contributed by atoms with Crippen molar-refractivity contribution in [2.24, 2.45) is 0 Å². The second kappa shape index (κ2) is 4.08. The number of nitrogens with one attached hydrogen (secondary N) is 1. The maximum Gasteiger partial charge on any atom is 0.295 e. The average molecular weight is 234 g/mol. The molecule has 1 aromatic heterocycles. The van der Waals surface area contributed by atoms with Gasteiger partial charge in [0.1, 0.15) is 5.69 Å². The van der Waals surface area contributed by atoms with Crippen LogP contribution in [0.4, 0.5) is 17.6 Å². The van der Waals surface area contributed by atoms with Gasteiger partial charge in [-0.2, -0.15) is 9.67 Å². The molecule has 0 atom stereocenters. The van der Waals surface area contributed by atoms with Crippen molar-refractivity contribution in [3.8, 4) is 5.69 Å². The van der Waals surface area contributed by atoms with Crippen LogP contribution in [0.3, 0.4) is 0 Å². The summed E-state index contributed by atoms with van der Waals surface area (Å²) in [7, 11) is 1.64. The Hall–Kier alpha value is -2.64. The van der Waals surface area contributed by atoms with E-state index in [1.807, 2.05) is 0 Å². The Balaban J connectivity index is 2.59. The van der Waals surface area contributed by atoms with Crippen LogP contribution in [0.2, 0.25) is 0 Å². The summed E-state index contributed by atoms with van der Waals surface area (Å²) in [6, 6.07) is 6.19. The largest absolute Gasteiger partial charge is 0.368 e. The van der Waals surface area contributed by atoms with E-state index < -0.39 is 4.92 Å². The number of hydrogen-bond acceptors (Lipinski definition) is 6. The minimum atomic E-state index is -0.491. The van der Waals surface area contributed by atoms with Crippen LogP contribution in [0.25, 0.3) is 5.69 Å². The molecule has 8 heteroatoms. The maximum absolute atomic E-state index is 10.9. The van der Waals surface area contributed by atoms with E-state index in [1.165, 1.54) is 10.7 Å². The molecule has 0 aliphatic carbocycles. The lowest BCUT2D eigenvalue weighted by atomic mass is 10.3. The van der Waals surface area contributed by atoms with Crippen molar-refractivity contribution in [1.29, 1.82) is 0 Å². The van der Waals surface area contributed by atoms with Gasteiger partial charge in [-0.3, -0.25) is 10.1 Å². The first-order valence-corrected chi connectivity index (χ1v) is 4.77. The first kappa shape index (κ1) is 10.9. The molecule has 0 radical (unpaired) electrons. The summed E-state index contributed by atoms with van der Waals surface area (Å²) in [6.45, 7) is 0. The Kier molecular flexibility index (Phi) is 2.61. The number of nitro groups is 1. The lowest BCUT2D eigenvalue weighted by Crippen LogP contribution is -2.05. The molecule has 1 aromatic carbocycles. The summed E-state index contributed by atoms with van der Waals surface area (Å²) in [6.07, 6.45) is 0. The highest BCUT2D eigenvalue weighted by atomic mass is 16.6. The second-order valence-corrected chi connectivity index (χ2v) is 3.20. The predicted molar refractivity (Wildman–Crippen MR) is 62.0 cm³/mol. The van der Waals surface area contributed by atoms with Crippen molar-refractivity contribution in [2.75, 3.05) is 18.1 Å². The number of nitrogens with two attached hydrogens (primary N) is 1. The normalized spacial score (nSPS) is 10.2. The molecule has 0 bridgehead atoms. The van der Waals surface area contributed by atoms with Crippen LogP contribution < -0.4 is 11.1 Å². The first-order chi connectivity index (χ1) is 8.13. The molecule has 0 fully saturated rings. The Labute approximate surface area is 96.2 Å². The first-order valence-electron chi connectivity index (χ1n) is 4.77. The number of benzene rings is 1. The summed E-state index contributed by atoms with van der Waals surface area (Å²) >= 11 is 0. The highest BCUT2D eigenvalue weighted by molar-refractivity contribution is 5.54.